The smallest absolute Gasteiger partial charge is 0.233 e. The van der Waals surface area contributed by atoms with Gasteiger partial charge in [0.1, 0.15) is 5.82 Å². The minimum atomic E-state index is -3.07. The highest BCUT2D eigenvalue weighted by Gasteiger charge is 2.38. The van der Waals surface area contributed by atoms with Crippen molar-refractivity contribution in [3.05, 3.63) is 30.1 Å². The first-order valence-corrected chi connectivity index (χ1v) is 12.6. The Morgan fingerprint density at radius 1 is 1.21 bits per heavy atom. The van der Waals surface area contributed by atoms with E-state index < -0.39 is 15.7 Å². The highest BCUT2D eigenvalue weighted by molar-refractivity contribution is 7.99. The van der Waals surface area contributed by atoms with Gasteiger partial charge in [-0.1, -0.05) is 36.7 Å². The lowest BCUT2D eigenvalue weighted by molar-refractivity contribution is -0.132. The summed E-state index contributed by atoms with van der Waals surface area (Å²) in [6.07, 6.45) is 4.48. The summed E-state index contributed by atoms with van der Waals surface area (Å²) in [6, 6.07) is 6.15. The Bertz CT molecular complexity index is 989. The van der Waals surface area contributed by atoms with Crippen LogP contribution in [0.1, 0.15) is 32.1 Å². The normalized spacial score (nSPS) is 21.5. The van der Waals surface area contributed by atoms with Crippen LogP contribution in [-0.4, -0.2) is 63.7 Å². The van der Waals surface area contributed by atoms with E-state index >= 15 is 0 Å². The van der Waals surface area contributed by atoms with E-state index in [9.17, 15) is 17.6 Å². The topological polar surface area (TPSA) is 96.0 Å². The quantitative estimate of drug-likeness (QED) is 0.697. The number of hydrogen-bond acceptors (Lipinski definition) is 6. The molecular formula is C19H23FN4O3S2. The number of hydrogen-bond donors (Lipinski definition) is 1. The van der Waals surface area contributed by atoms with Gasteiger partial charge in [-0.3, -0.25) is 9.89 Å². The average Bonchev–Trinajstić information content (AvgIpc) is 3.43. The zero-order valence-corrected chi connectivity index (χ0v) is 17.5. The van der Waals surface area contributed by atoms with Crippen molar-refractivity contribution in [2.75, 3.05) is 17.3 Å². The number of benzene rings is 1. The maximum Gasteiger partial charge on any atom is 0.233 e. The molecule has 10 heteroatoms. The van der Waals surface area contributed by atoms with Crippen molar-refractivity contribution in [1.29, 1.82) is 0 Å². The number of amides is 1. The summed E-state index contributed by atoms with van der Waals surface area (Å²) in [5.74, 6) is 0.161. The molecule has 2 heterocycles. The molecule has 29 heavy (non-hydrogen) atoms. The summed E-state index contributed by atoms with van der Waals surface area (Å²) >= 11 is 1.18. The third-order valence-electron chi connectivity index (χ3n) is 5.53. The van der Waals surface area contributed by atoms with Crippen LogP contribution in [0.5, 0.6) is 0 Å². The molecular weight excluding hydrogens is 415 g/mol. The number of thioether (sulfide) groups is 1. The molecule has 1 amide bonds. The van der Waals surface area contributed by atoms with Gasteiger partial charge in [0.25, 0.3) is 0 Å². The molecule has 0 bridgehead atoms. The van der Waals surface area contributed by atoms with Crippen molar-refractivity contribution < 1.29 is 17.6 Å². The van der Waals surface area contributed by atoms with Gasteiger partial charge in [-0.25, -0.2) is 17.8 Å². The van der Waals surface area contributed by atoms with Crippen molar-refractivity contribution >= 4 is 27.5 Å². The number of sulfone groups is 1. The monoisotopic (exact) mass is 438 g/mol. The molecule has 156 valence electrons. The largest absolute Gasteiger partial charge is 0.335 e. The fourth-order valence-corrected chi connectivity index (χ4v) is 6.55. The van der Waals surface area contributed by atoms with Crippen molar-refractivity contribution in [3.63, 3.8) is 0 Å². The molecule has 1 saturated carbocycles. The molecule has 0 radical (unpaired) electrons. The molecule has 7 nitrogen and oxygen atoms in total. The van der Waals surface area contributed by atoms with Crippen LogP contribution in [0.25, 0.3) is 11.4 Å². The maximum atomic E-state index is 13.9. The van der Waals surface area contributed by atoms with Crippen LogP contribution >= 0.6 is 11.8 Å². The third kappa shape index (κ3) is 4.63. The summed E-state index contributed by atoms with van der Waals surface area (Å²) in [5.41, 5.74) is 0.321. The number of carbonyl (C=O) groups is 1. The van der Waals surface area contributed by atoms with Crippen molar-refractivity contribution in [2.24, 2.45) is 0 Å². The van der Waals surface area contributed by atoms with E-state index in [1.54, 1.807) is 18.2 Å². The minimum absolute atomic E-state index is 0.0536. The lowest BCUT2D eigenvalue weighted by atomic mass is 10.1. The molecule has 2 aromatic rings. The van der Waals surface area contributed by atoms with Crippen LogP contribution < -0.4 is 0 Å². The Hall–Kier alpha value is -1.94. The van der Waals surface area contributed by atoms with Crippen LogP contribution in [0.2, 0.25) is 0 Å². The molecule has 1 atom stereocenters. The zero-order chi connectivity index (χ0) is 20.4. The van der Waals surface area contributed by atoms with E-state index in [1.165, 1.54) is 17.8 Å². The molecule has 4 rings (SSSR count). The molecule has 0 unspecified atom stereocenters. The van der Waals surface area contributed by atoms with Crippen LogP contribution in [0.4, 0.5) is 4.39 Å². The molecule has 0 spiro atoms. The van der Waals surface area contributed by atoms with E-state index in [2.05, 4.69) is 15.2 Å². The van der Waals surface area contributed by atoms with Crippen molar-refractivity contribution in [2.45, 2.75) is 49.3 Å². The number of halogens is 1. The summed E-state index contributed by atoms with van der Waals surface area (Å²) in [5, 5.41) is 7.15. The Balaban J connectivity index is 1.44. The van der Waals surface area contributed by atoms with E-state index in [4.69, 9.17) is 0 Å². The first-order chi connectivity index (χ1) is 13.9. The van der Waals surface area contributed by atoms with Gasteiger partial charge < -0.3 is 4.90 Å². The fraction of sp³-hybridized carbons (Fsp3) is 0.526. The Morgan fingerprint density at radius 2 is 1.97 bits per heavy atom. The number of H-pyrrole nitrogens is 1. The second kappa shape index (κ2) is 8.43. The average molecular weight is 439 g/mol. The van der Waals surface area contributed by atoms with Crippen LogP contribution in [-0.2, 0) is 14.6 Å². The number of carbonyl (C=O) groups excluding carboxylic acids is 1. The van der Waals surface area contributed by atoms with E-state index in [1.807, 2.05) is 4.90 Å². The molecule has 1 aromatic carbocycles. The zero-order valence-electron chi connectivity index (χ0n) is 15.9. The van der Waals surface area contributed by atoms with Gasteiger partial charge in [-0.2, -0.15) is 0 Å². The van der Waals surface area contributed by atoms with Gasteiger partial charge >= 0.3 is 0 Å². The molecule has 1 aliphatic carbocycles. The van der Waals surface area contributed by atoms with Crippen molar-refractivity contribution in [1.82, 2.24) is 20.1 Å². The van der Waals surface area contributed by atoms with Gasteiger partial charge in [0.2, 0.25) is 11.1 Å². The van der Waals surface area contributed by atoms with E-state index in [0.29, 0.717) is 23.0 Å². The maximum absolute atomic E-state index is 13.9. The van der Waals surface area contributed by atoms with Crippen molar-refractivity contribution in [3.8, 4) is 11.4 Å². The van der Waals surface area contributed by atoms with Gasteiger partial charge in [-0.05, 0) is 31.4 Å². The van der Waals surface area contributed by atoms with Crippen LogP contribution in [0.15, 0.2) is 29.4 Å². The predicted molar refractivity (Wildman–Crippen MR) is 109 cm³/mol. The van der Waals surface area contributed by atoms with Gasteiger partial charge in [-0.15, -0.1) is 5.10 Å². The summed E-state index contributed by atoms with van der Waals surface area (Å²) in [4.78, 5) is 19.1. The van der Waals surface area contributed by atoms with Crippen LogP contribution in [0, 0.1) is 5.82 Å². The molecule has 1 aromatic heterocycles. The Morgan fingerprint density at radius 3 is 2.66 bits per heavy atom. The molecule has 1 aliphatic heterocycles. The molecule has 1 N–H and O–H groups in total. The van der Waals surface area contributed by atoms with Gasteiger partial charge in [0.15, 0.2) is 15.7 Å². The van der Waals surface area contributed by atoms with Gasteiger partial charge in [0, 0.05) is 12.1 Å². The number of rotatable bonds is 6. The first kappa shape index (κ1) is 20.3. The SMILES string of the molecule is O=C(CSc1n[nH]c(-c2ccccc2F)n1)N(C1CCCC1)[C@@H]1CCS(=O)(=O)C1. The highest BCUT2D eigenvalue weighted by atomic mass is 32.2. The lowest BCUT2D eigenvalue weighted by Crippen LogP contribution is -2.47. The molecule has 1 saturated heterocycles. The number of aromatic amines is 1. The number of nitrogens with zero attached hydrogens (tertiary/aromatic N) is 3. The highest BCUT2D eigenvalue weighted by Crippen LogP contribution is 2.30. The molecule has 2 aliphatic rings. The lowest BCUT2D eigenvalue weighted by Gasteiger charge is -2.34. The number of aromatic nitrogens is 3. The summed E-state index contributed by atoms with van der Waals surface area (Å²) in [6.45, 7) is 0. The summed E-state index contributed by atoms with van der Waals surface area (Å²) < 4.78 is 37.8. The minimum Gasteiger partial charge on any atom is -0.335 e. The Labute approximate surface area is 173 Å². The van der Waals surface area contributed by atoms with Gasteiger partial charge in [0.05, 0.1) is 22.8 Å². The predicted octanol–water partition coefficient (Wildman–Crippen LogP) is 2.66. The first-order valence-electron chi connectivity index (χ1n) is 9.74. The number of nitrogens with one attached hydrogen (secondary N) is 1. The second-order valence-electron chi connectivity index (χ2n) is 7.53. The molecule has 2 fully saturated rings. The summed E-state index contributed by atoms with van der Waals surface area (Å²) in [7, 11) is -3.07. The van der Waals surface area contributed by atoms with E-state index in [0.717, 1.165) is 25.7 Å². The van der Waals surface area contributed by atoms with Crippen LogP contribution in [0.3, 0.4) is 0 Å². The third-order valence-corrected chi connectivity index (χ3v) is 8.11. The Kier molecular flexibility index (Phi) is 5.91. The second-order valence-corrected chi connectivity index (χ2v) is 10.7. The standard InChI is InChI=1S/C19H23FN4O3S2/c20-16-8-4-3-7-15(16)18-21-19(23-22-18)28-11-17(25)24(13-5-1-2-6-13)14-9-10-29(26,27)12-14/h3-4,7-8,13-14H,1-2,5-6,9-12H2,(H,21,22,23)/t14-/m1/s1. The fourth-order valence-electron chi connectivity index (χ4n) is 4.17. The van der Waals surface area contributed by atoms with E-state index in [-0.39, 0.29) is 35.2 Å².